The topological polar surface area (TPSA) is 280 Å². The molecule has 0 aliphatic carbocycles. The number of aromatic amines is 1. The average molecular weight is 499 g/mol. The van der Waals surface area contributed by atoms with Gasteiger partial charge in [0.2, 0.25) is 23.6 Å². The first-order valence-electron chi connectivity index (χ1n) is 10.4. The number of imidazole rings is 1. The van der Waals surface area contributed by atoms with Crippen LogP contribution < -0.4 is 27.4 Å². The standard InChI is InChI=1S/C19H29N7O9/c1-8(27)15(21)18(33)24-10(2-3-13(20)28)16(31)25-11(4-9-6-22-7-23-9)17(32)26-12(19(34)35)5-14(29)30/h6-8,10-12,15,27H,2-5,21H2,1H3,(H2,20,28)(H,22,23)(H,24,33)(H,25,31)(H,26,32)(H,29,30)(H,34,35). The van der Waals surface area contributed by atoms with E-state index < -0.39 is 72.3 Å². The number of aromatic nitrogens is 2. The van der Waals surface area contributed by atoms with Gasteiger partial charge in [0.15, 0.2) is 0 Å². The third kappa shape index (κ3) is 10.2. The molecule has 1 aromatic heterocycles. The average Bonchev–Trinajstić information content (AvgIpc) is 3.27. The van der Waals surface area contributed by atoms with Crippen LogP contribution in [0.2, 0.25) is 0 Å². The summed E-state index contributed by atoms with van der Waals surface area (Å²) in [6.45, 7) is 1.25. The maximum Gasteiger partial charge on any atom is 0.326 e. The van der Waals surface area contributed by atoms with E-state index in [1.807, 2.05) is 5.32 Å². The highest BCUT2D eigenvalue weighted by Gasteiger charge is 2.32. The predicted molar refractivity (Wildman–Crippen MR) is 116 cm³/mol. The molecule has 0 bridgehead atoms. The third-order valence-electron chi connectivity index (χ3n) is 4.74. The van der Waals surface area contributed by atoms with E-state index in [1.165, 1.54) is 19.4 Å². The first kappa shape index (κ1) is 29.0. The minimum atomic E-state index is -1.78. The number of aliphatic carboxylic acids is 2. The van der Waals surface area contributed by atoms with Crippen molar-refractivity contribution in [2.24, 2.45) is 11.5 Å². The SMILES string of the molecule is CC(O)C(N)C(=O)NC(CCC(N)=O)C(=O)NC(Cc1cnc[nH]1)C(=O)NC(CC(=O)O)C(=O)O. The molecule has 5 unspecified atom stereocenters. The van der Waals surface area contributed by atoms with E-state index in [0.717, 1.165) is 0 Å². The van der Waals surface area contributed by atoms with Gasteiger partial charge < -0.3 is 47.7 Å². The Hall–Kier alpha value is -4.05. The molecule has 0 saturated carbocycles. The Morgan fingerprint density at radius 3 is 2.06 bits per heavy atom. The van der Waals surface area contributed by atoms with Gasteiger partial charge >= 0.3 is 11.9 Å². The number of amides is 4. The van der Waals surface area contributed by atoms with Crippen LogP contribution in [0, 0.1) is 0 Å². The van der Waals surface area contributed by atoms with Crippen molar-refractivity contribution in [1.29, 1.82) is 0 Å². The van der Waals surface area contributed by atoms with Gasteiger partial charge in [0.1, 0.15) is 24.2 Å². The molecule has 1 heterocycles. The molecule has 0 aromatic carbocycles. The number of carbonyl (C=O) groups is 6. The fourth-order valence-corrected chi connectivity index (χ4v) is 2.79. The monoisotopic (exact) mass is 499 g/mol. The number of nitrogens with two attached hydrogens (primary N) is 2. The summed E-state index contributed by atoms with van der Waals surface area (Å²) in [5.74, 6) is -6.74. The molecule has 1 aromatic rings. The van der Waals surface area contributed by atoms with Crippen molar-refractivity contribution in [3.8, 4) is 0 Å². The summed E-state index contributed by atoms with van der Waals surface area (Å²) in [4.78, 5) is 77.9. The van der Waals surface area contributed by atoms with Crippen LogP contribution in [0.25, 0.3) is 0 Å². The highest BCUT2D eigenvalue weighted by molar-refractivity contribution is 5.95. The number of carboxylic acids is 2. The number of hydrogen-bond donors (Lipinski definition) is 9. The molecule has 16 heteroatoms. The van der Waals surface area contributed by atoms with Crippen molar-refractivity contribution in [2.75, 3.05) is 0 Å². The molecule has 1 rings (SSSR count). The fourth-order valence-electron chi connectivity index (χ4n) is 2.79. The van der Waals surface area contributed by atoms with Crippen molar-refractivity contribution in [1.82, 2.24) is 25.9 Å². The van der Waals surface area contributed by atoms with Crippen LogP contribution in [-0.4, -0.2) is 91.1 Å². The zero-order valence-electron chi connectivity index (χ0n) is 18.8. The molecule has 11 N–H and O–H groups in total. The summed E-state index contributed by atoms with van der Waals surface area (Å²) in [5, 5.41) is 34.2. The number of nitrogens with one attached hydrogen (secondary N) is 4. The van der Waals surface area contributed by atoms with E-state index in [2.05, 4.69) is 20.6 Å². The second-order valence-electron chi connectivity index (χ2n) is 7.67. The molecule has 0 radical (unpaired) electrons. The van der Waals surface area contributed by atoms with Crippen LogP contribution in [0.15, 0.2) is 12.5 Å². The molecule has 0 saturated heterocycles. The summed E-state index contributed by atoms with van der Waals surface area (Å²) in [6.07, 6.45) is -0.332. The number of hydrogen-bond acceptors (Lipinski definition) is 9. The quantitative estimate of drug-likeness (QED) is 0.112. The number of primary amides is 1. The lowest BCUT2D eigenvalue weighted by atomic mass is 10.1. The maximum atomic E-state index is 12.9. The number of nitrogens with zero attached hydrogens (tertiary/aromatic N) is 1. The number of rotatable bonds is 15. The molecular formula is C19H29N7O9. The second kappa shape index (κ2) is 13.6. The van der Waals surface area contributed by atoms with Crippen molar-refractivity contribution in [3.63, 3.8) is 0 Å². The predicted octanol–water partition coefficient (Wildman–Crippen LogP) is -4.06. The van der Waals surface area contributed by atoms with Crippen LogP contribution in [0.4, 0.5) is 0 Å². The van der Waals surface area contributed by atoms with Gasteiger partial charge in [-0.3, -0.25) is 24.0 Å². The Morgan fingerprint density at radius 2 is 1.57 bits per heavy atom. The lowest BCUT2D eigenvalue weighted by Crippen LogP contribution is -2.58. The molecule has 16 nitrogen and oxygen atoms in total. The van der Waals surface area contributed by atoms with Crippen molar-refractivity contribution < 1.29 is 44.1 Å². The van der Waals surface area contributed by atoms with Crippen molar-refractivity contribution in [2.45, 2.75) is 62.9 Å². The Labute approximate surface area is 198 Å². The Bertz CT molecular complexity index is 920. The molecule has 4 amide bonds. The summed E-state index contributed by atoms with van der Waals surface area (Å²) < 4.78 is 0. The highest BCUT2D eigenvalue weighted by atomic mass is 16.4. The fraction of sp³-hybridized carbons (Fsp3) is 0.526. The van der Waals surface area contributed by atoms with Crippen LogP contribution in [0.1, 0.15) is 31.9 Å². The van der Waals surface area contributed by atoms with Gasteiger partial charge in [-0.2, -0.15) is 0 Å². The number of carboxylic acid groups (broad SMARTS) is 2. The van der Waals surface area contributed by atoms with Crippen LogP contribution in [0.3, 0.4) is 0 Å². The smallest absolute Gasteiger partial charge is 0.326 e. The first-order chi connectivity index (χ1) is 16.3. The van der Waals surface area contributed by atoms with Crippen molar-refractivity contribution in [3.05, 3.63) is 18.2 Å². The van der Waals surface area contributed by atoms with Gasteiger partial charge in [0.25, 0.3) is 0 Å². The number of H-pyrrole nitrogens is 1. The van der Waals surface area contributed by atoms with Crippen LogP contribution in [0.5, 0.6) is 0 Å². The summed E-state index contributed by atoms with van der Waals surface area (Å²) in [5.41, 5.74) is 11.0. The van der Waals surface area contributed by atoms with E-state index in [1.54, 1.807) is 0 Å². The van der Waals surface area contributed by atoms with E-state index in [0.29, 0.717) is 5.69 Å². The Balaban J connectivity index is 3.11. The Morgan fingerprint density at radius 1 is 1.00 bits per heavy atom. The first-order valence-corrected chi connectivity index (χ1v) is 10.4. The molecule has 194 valence electrons. The molecule has 0 aliphatic rings. The number of aliphatic hydroxyl groups is 1. The zero-order valence-corrected chi connectivity index (χ0v) is 18.8. The summed E-state index contributed by atoms with van der Waals surface area (Å²) >= 11 is 0. The third-order valence-corrected chi connectivity index (χ3v) is 4.74. The molecule has 35 heavy (non-hydrogen) atoms. The van der Waals surface area contributed by atoms with Gasteiger partial charge in [-0.05, 0) is 13.3 Å². The zero-order chi connectivity index (χ0) is 26.7. The normalized spacial score (nSPS) is 15.1. The molecular weight excluding hydrogens is 470 g/mol. The van der Waals surface area contributed by atoms with Crippen LogP contribution >= 0.6 is 0 Å². The highest BCUT2D eigenvalue weighted by Crippen LogP contribution is 2.05. The minimum Gasteiger partial charge on any atom is -0.481 e. The van der Waals surface area contributed by atoms with Crippen molar-refractivity contribution >= 4 is 35.6 Å². The largest absolute Gasteiger partial charge is 0.481 e. The van der Waals surface area contributed by atoms with Gasteiger partial charge in [0.05, 0.1) is 18.9 Å². The van der Waals surface area contributed by atoms with Gasteiger partial charge in [0, 0.05) is 24.7 Å². The molecule has 0 spiro atoms. The molecule has 0 fully saturated rings. The lowest BCUT2D eigenvalue weighted by molar-refractivity contribution is -0.147. The van der Waals surface area contributed by atoms with Gasteiger partial charge in [-0.1, -0.05) is 0 Å². The molecule has 0 aliphatic heterocycles. The van der Waals surface area contributed by atoms with Gasteiger partial charge in [-0.15, -0.1) is 0 Å². The molecule has 5 atom stereocenters. The summed E-state index contributed by atoms with van der Waals surface area (Å²) in [7, 11) is 0. The van der Waals surface area contributed by atoms with Crippen LogP contribution in [-0.2, 0) is 35.2 Å². The lowest BCUT2D eigenvalue weighted by Gasteiger charge is -2.25. The minimum absolute atomic E-state index is 0.208. The number of aliphatic hydroxyl groups excluding tert-OH is 1. The second-order valence-corrected chi connectivity index (χ2v) is 7.67. The van der Waals surface area contributed by atoms with Gasteiger partial charge in [-0.25, -0.2) is 9.78 Å². The van der Waals surface area contributed by atoms with E-state index >= 15 is 0 Å². The maximum absolute atomic E-state index is 12.9. The van der Waals surface area contributed by atoms with E-state index in [9.17, 15) is 39.0 Å². The number of carbonyl (C=O) groups excluding carboxylic acids is 4. The Kier molecular flexibility index (Phi) is 11.3. The van der Waals surface area contributed by atoms with E-state index in [-0.39, 0.29) is 19.3 Å². The van der Waals surface area contributed by atoms with E-state index in [4.69, 9.17) is 16.6 Å². The summed E-state index contributed by atoms with van der Waals surface area (Å²) in [6, 6.07) is -6.01.